The number of hydrogen-bond donors (Lipinski definition) is 1. The summed E-state index contributed by atoms with van der Waals surface area (Å²) in [7, 11) is 0. The summed E-state index contributed by atoms with van der Waals surface area (Å²) in [6.07, 6.45) is 4.40. The lowest BCUT2D eigenvalue weighted by Gasteiger charge is -2.09. The highest BCUT2D eigenvalue weighted by Gasteiger charge is 2.28. The summed E-state index contributed by atoms with van der Waals surface area (Å²) in [6.45, 7) is 0.790. The lowest BCUT2D eigenvalue weighted by molar-refractivity contribution is 0.108. The second-order valence-electron chi connectivity index (χ2n) is 4.33. The van der Waals surface area contributed by atoms with Crippen molar-refractivity contribution in [1.82, 2.24) is 9.97 Å². The Balaban J connectivity index is 1.95. The Labute approximate surface area is 87.7 Å². The van der Waals surface area contributed by atoms with E-state index in [1.165, 1.54) is 0 Å². The largest absolute Gasteiger partial charge is 0.372 e. The summed E-state index contributed by atoms with van der Waals surface area (Å²) >= 11 is 0. The van der Waals surface area contributed by atoms with E-state index in [0.29, 0.717) is 5.92 Å². The average molecular weight is 206 g/mol. The number of aromatic amines is 1. The molecule has 1 aromatic rings. The molecule has 1 saturated carbocycles. The summed E-state index contributed by atoms with van der Waals surface area (Å²) < 4.78 is 5.53. The van der Waals surface area contributed by atoms with Gasteiger partial charge in [0, 0.05) is 18.6 Å². The van der Waals surface area contributed by atoms with Gasteiger partial charge >= 0.3 is 0 Å². The minimum Gasteiger partial charge on any atom is -0.372 e. The van der Waals surface area contributed by atoms with Gasteiger partial charge in [-0.3, -0.25) is 4.79 Å². The molecule has 1 atom stereocenters. The van der Waals surface area contributed by atoms with E-state index < -0.39 is 0 Å². The molecular weight excluding hydrogens is 192 g/mol. The molecule has 4 heteroatoms. The molecule has 1 aromatic heterocycles. The van der Waals surface area contributed by atoms with Crippen LogP contribution in [0.4, 0.5) is 0 Å². The minimum atomic E-state index is -0.0441. The number of rotatable bonds is 2. The van der Waals surface area contributed by atoms with Crippen LogP contribution in [0.3, 0.4) is 0 Å². The van der Waals surface area contributed by atoms with Crippen molar-refractivity contribution in [3.8, 4) is 0 Å². The van der Waals surface area contributed by atoms with E-state index in [2.05, 4.69) is 9.97 Å². The van der Waals surface area contributed by atoms with Crippen molar-refractivity contribution in [2.75, 3.05) is 6.61 Å². The molecule has 0 unspecified atom stereocenters. The van der Waals surface area contributed by atoms with Crippen LogP contribution in [-0.2, 0) is 4.74 Å². The number of nitrogens with one attached hydrogen (secondary N) is 1. The Morgan fingerprint density at radius 1 is 1.40 bits per heavy atom. The van der Waals surface area contributed by atoms with Crippen LogP contribution < -0.4 is 5.56 Å². The normalized spacial score (nSPS) is 25.7. The van der Waals surface area contributed by atoms with Gasteiger partial charge in [0.2, 0.25) is 0 Å². The second kappa shape index (κ2) is 3.45. The zero-order valence-electron chi connectivity index (χ0n) is 8.53. The molecule has 1 aliphatic carbocycles. The van der Waals surface area contributed by atoms with E-state index in [0.717, 1.165) is 43.8 Å². The van der Waals surface area contributed by atoms with Gasteiger partial charge in [0.1, 0.15) is 5.82 Å². The maximum absolute atomic E-state index is 11.4. The molecule has 0 amide bonds. The molecule has 0 radical (unpaired) electrons. The van der Waals surface area contributed by atoms with Gasteiger partial charge < -0.3 is 9.72 Å². The third-order valence-corrected chi connectivity index (χ3v) is 3.00. The molecule has 2 aliphatic rings. The van der Waals surface area contributed by atoms with Gasteiger partial charge in [0.25, 0.3) is 5.56 Å². The molecule has 4 nitrogen and oxygen atoms in total. The Bertz CT molecular complexity index is 417. The molecule has 15 heavy (non-hydrogen) atoms. The molecule has 0 spiro atoms. The maximum atomic E-state index is 11.4. The van der Waals surface area contributed by atoms with Crippen molar-refractivity contribution >= 4 is 0 Å². The number of ether oxygens (including phenoxy) is 1. The topological polar surface area (TPSA) is 55.0 Å². The first-order valence-corrected chi connectivity index (χ1v) is 5.56. The highest BCUT2D eigenvalue weighted by atomic mass is 16.5. The standard InChI is InChI=1S/C11H14N2O2/c14-10-6-8(9-2-1-5-15-9)12-11(13-10)7-3-4-7/h6-7,9H,1-5H2,(H,12,13,14)/t9-/m1/s1. The third-order valence-electron chi connectivity index (χ3n) is 3.00. The van der Waals surface area contributed by atoms with E-state index in [-0.39, 0.29) is 11.7 Å². The van der Waals surface area contributed by atoms with Crippen molar-refractivity contribution in [3.63, 3.8) is 0 Å². The number of nitrogens with zero attached hydrogens (tertiary/aromatic N) is 1. The fraction of sp³-hybridized carbons (Fsp3) is 0.636. The highest BCUT2D eigenvalue weighted by Crippen LogP contribution is 2.38. The van der Waals surface area contributed by atoms with E-state index >= 15 is 0 Å². The van der Waals surface area contributed by atoms with Crippen LogP contribution in [0.25, 0.3) is 0 Å². The van der Waals surface area contributed by atoms with Crippen LogP contribution in [0.5, 0.6) is 0 Å². The molecule has 0 aromatic carbocycles. The van der Waals surface area contributed by atoms with Crippen LogP contribution in [0, 0.1) is 0 Å². The van der Waals surface area contributed by atoms with Gasteiger partial charge in [-0.15, -0.1) is 0 Å². The molecule has 2 heterocycles. The zero-order valence-corrected chi connectivity index (χ0v) is 8.53. The fourth-order valence-corrected chi connectivity index (χ4v) is 2.02. The SMILES string of the molecule is O=c1cc([C@H]2CCCO2)nc(C2CC2)[nH]1. The first-order valence-electron chi connectivity index (χ1n) is 5.56. The predicted octanol–water partition coefficient (Wildman–Crippen LogP) is 1.50. The first-order chi connectivity index (χ1) is 7.33. The van der Waals surface area contributed by atoms with E-state index in [4.69, 9.17) is 4.74 Å². The molecule has 1 saturated heterocycles. The lowest BCUT2D eigenvalue weighted by atomic mass is 10.2. The Hall–Kier alpha value is -1.16. The van der Waals surface area contributed by atoms with Crippen LogP contribution in [-0.4, -0.2) is 16.6 Å². The van der Waals surface area contributed by atoms with E-state index in [9.17, 15) is 4.79 Å². The summed E-state index contributed by atoms with van der Waals surface area (Å²) in [5, 5.41) is 0. The van der Waals surface area contributed by atoms with Crippen molar-refractivity contribution in [1.29, 1.82) is 0 Å². The van der Waals surface area contributed by atoms with Crippen molar-refractivity contribution in [2.45, 2.75) is 37.7 Å². The number of aromatic nitrogens is 2. The van der Waals surface area contributed by atoms with Crippen molar-refractivity contribution in [3.05, 3.63) is 27.9 Å². The quantitative estimate of drug-likeness (QED) is 0.797. The first kappa shape index (κ1) is 9.09. The van der Waals surface area contributed by atoms with Gasteiger partial charge in [-0.25, -0.2) is 4.98 Å². The maximum Gasteiger partial charge on any atom is 0.251 e. The Morgan fingerprint density at radius 3 is 2.93 bits per heavy atom. The van der Waals surface area contributed by atoms with E-state index in [1.54, 1.807) is 6.07 Å². The summed E-state index contributed by atoms with van der Waals surface area (Å²) in [5.74, 6) is 1.34. The summed E-state index contributed by atoms with van der Waals surface area (Å²) in [5.41, 5.74) is 0.774. The van der Waals surface area contributed by atoms with Gasteiger partial charge in [0.05, 0.1) is 11.8 Å². The van der Waals surface area contributed by atoms with Crippen LogP contribution in [0.2, 0.25) is 0 Å². The average Bonchev–Trinajstić information content (AvgIpc) is 2.93. The van der Waals surface area contributed by atoms with Crippen molar-refractivity contribution in [2.24, 2.45) is 0 Å². The predicted molar refractivity (Wildman–Crippen MR) is 54.8 cm³/mol. The van der Waals surface area contributed by atoms with Crippen LogP contribution in [0.1, 0.15) is 49.2 Å². The summed E-state index contributed by atoms with van der Waals surface area (Å²) in [4.78, 5) is 18.8. The van der Waals surface area contributed by atoms with Crippen LogP contribution >= 0.6 is 0 Å². The molecule has 1 aliphatic heterocycles. The van der Waals surface area contributed by atoms with Crippen molar-refractivity contribution < 1.29 is 4.74 Å². The zero-order chi connectivity index (χ0) is 10.3. The van der Waals surface area contributed by atoms with Crippen LogP contribution in [0.15, 0.2) is 10.9 Å². The second-order valence-corrected chi connectivity index (χ2v) is 4.33. The summed E-state index contributed by atoms with van der Waals surface area (Å²) in [6, 6.07) is 1.57. The van der Waals surface area contributed by atoms with Gasteiger partial charge in [-0.2, -0.15) is 0 Å². The number of hydrogen-bond acceptors (Lipinski definition) is 3. The Morgan fingerprint density at radius 2 is 2.27 bits per heavy atom. The molecule has 80 valence electrons. The molecule has 3 rings (SSSR count). The number of H-pyrrole nitrogens is 1. The molecular formula is C11H14N2O2. The smallest absolute Gasteiger partial charge is 0.251 e. The fourth-order valence-electron chi connectivity index (χ4n) is 2.02. The third kappa shape index (κ3) is 1.81. The van der Waals surface area contributed by atoms with Gasteiger partial charge in [-0.1, -0.05) is 0 Å². The molecule has 1 N–H and O–H groups in total. The Kier molecular flexibility index (Phi) is 2.09. The van der Waals surface area contributed by atoms with Gasteiger partial charge in [0.15, 0.2) is 0 Å². The molecule has 2 fully saturated rings. The lowest BCUT2D eigenvalue weighted by Crippen LogP contribution is -2.14. The molecule has 0 bridgehead atoms. The van der Waals surface area contributed by atoms with Gasteiger partial charge in [-0.05, 0) is 25.7 Å². The minimum absolute atomic E-state index is 0.0441. The highest BCUT2D eigenvalue weighted by molar-refractivity contribution is 5.12. The monoisotopic (exact) mass is 206 g/mol. The van der Waals surface area contributed by atoms with E-state index in [1.807, 2.05) is 0 Å².